The van der Waals surface area contributed by atoms with Gasteiger partial charge in [0.15, 0.2) is 0 Å². The number of aromatic nitrogens is 4. The molecule has 136 valence electrons. The van der Waals surface area contributed by atoms with Gasteiger partial charge in [0.25, 0.3) is 5.91 Å². The Morgan fingerprint density at radius 3 is 2.70 bits per heavy atom. The zero-order valence-electron chi connectivity index (χ0n) is 15.1. The molecule has 27 heavy (non-hydrogen) atoms. The molecule has 4 rings (SSSR count). The highest BCUT2D eigenvalue weighted by atomic mass is 16.5. The Kier molecular flexibility index (Phi) is 4.42. The van der Waals surface area contributed by atoms with Gasteiger partial charge in [-0.1, -0.05) is 53.7 Å². The summed E-state index contributed by atoms with van der Waals surface area (Å²) < 4.78 is 6.93. The third-order valence-electron chi connectivity index (χ3n) is 4.31. The summed E-state index contributed by atoms with van der Waals surface area (Å²) in [5, 5.41) is 12.2. The number of hydrogen-bond acceptors (Lipinski definition) is 5. The molecule has 0 radical (unpaired) electrons. The number of rotatable bonds is 5. The number of benzene rings is 2. The topological polar surface area (TPSA) is 85.8 Å². The summed E-state index contributed by atoms with van der Waals surface area (Å²) in [4.78, 5) is 17.1. The molecule has 2 aromatic heterocycles. The Bertz CT molecular complexity index is 1080. The Labute approximate surface area is 156 Å². The summed E-state index contributed by atoms with van der Waals surface area (Å²) in [6, 6.07) is 17.0. The lowest BCUT2D eigenvalue weighted by molar-refractivity contribution is 0.0931. The Balaban J connectivity index is 1.46. The molecule has 7 heteroatoms. The highest BCUT2D eigenvalue weighted by Crippen LogP contribution is 2.18. The predicted octanol–water partition coefficient (Wildman–Crippen LogP) is 2.98. The van der Waals surface area contributed by atoms with Gasteiger partial charge in [0, 0.05) is 30.5 Å². The van der Waals surface area contributed by atoms with Crippen molar-refractivity contribution < 1.29 is 9.32 Å². The second kappa shape index (κ2) is 7.03. The molecule has 0 fully saturated rings. The van der Waals surface area contributed by atoms with Crippen molar-refractivity contribution in [1.29, 1.82) is 0 Å². The molecule has 0 bridgehead atoms. The number of carbonyl (C=O) groups excluding carboxylic acids is 1. The van der Waals surface area contributed by atoms with Crippen LogP contribution in [-0.2, 0) is 13.5 Å². The molecule has 1 atom stereocenters. The second-order valence-corrected chi connectivity index (χ2v) is 6.45. The molecule has 1 amide bonds. The fraction of sp³-hybridized carbons (Fsp3) is 0.200. The van der Waals surface area contributed by atoms with E-state index in [0.717, 1.165) is 16.5 Å². The first-order valence-corrected chi connectivity index (χ1v) is 8.72. The lowest BCUT2D eigenvalue weighted by Crippen LogP contribution is -2.35. The van der Waals surface area contributed by atoms with Crippen LogP contribution in [0, 0.1) is 0 Å². The third kappa shape index (κ3) is 3.44. The summed E-state index contributed by atoms with van der Waals surface area (Å²) >= 11 is 0. The number of hydrogen-bond donors (Lipinski definition) is 1. The zero-order valence-corrected chi connectivity index (χ0v) is 15.1. The van der Waals surface area contributed by atoms with Crippen molar-refractivity contribution >= 4 is 16.8 Å². The fourth-order valence-corrected chi connectivity index (χ4v) is 3.06. The molecule has 0 saturated heterocycles. The summed E-state index contributed by atoms with van der Waals surface area (Å²) in [5.41, 5.74) is 2.22. The van der Waals surface area contributed by atoms with E-state index in [1.165, 1.54) is 0 Å². The van der Waals surface area contributed by atoms with Crippen molar-refractivity contribution in [2.24, 2.45) is 7.05 Å². The third-order valence-corrected chi connectivity index (χ3v) is 4.31. The van der Waals surface area contributed by atoms with Crippen molar-refractivity contribution in [3.63, 3.8) is 0 Å². The van der Waals surface area contributed by atoms with Gasteiger partial charge < -0.3 is 9.84 Å². The van der Waals surface area contributed by atoms with E-state index >= 15 is 0 Å². The molecular formula is C20H19N5O2. The lowest BCUT2D eigenvalue weighted by atomic mass is 10.1. The average molecular weight is 361 g/mol. The van der Waals surface area contributed by atoms with E-state index in [9.17, 15) is 4.79 Å². The molecule has 0 aliphatic rings. The first-order chi connectivity index (χ1) is 13.1. The van der Waals surface area contributed by atoms with Crippen molar-refractivity contribution in [3.05, 3.63) is 66.2 Å². The molecule has 0 saturated carbocycles. The lowest BCUT2D eigenvalue weighted by Gasteiger charge is -2.12. The van der Waals surface area contributed by atoms with Crippen LogP contribution in [0.3, 0.4) is 0 Å². The van der Waals surface area contributed by atoms with E-state index in [4.69, 9.17) is 4.52 Å². The SMILES string of the molecule is CC(Cc1nc(-c2ccccc2)no1)NC(=O)c1c2ccccc2nn1C. The van der Waals surface area contributed by atoms with Gasteiger partial charge in [0.2, 0.25) is 11.7 Å². The first-order valence-electron chi connectivity index (χ1n) is 8.72. The minimum absolute atomic E-state index is 0.171. The molecule has 2 heterocycles. The van der Waals surface area contributed by atoms with E-state index in [1.54, 1.807) is 11.7 Å². The minimum atomic E-state index is -0.179. The average Bonchev–Trinajstić information content (AvgIpc) is 3.25. The van der Waals surface area contributed by atoms with E-state index in [0.29, 0.717) is 23.8 Å². The predicted molar refractivity (Wildman–Crippen MR) is 101 cm³/mol. The molecule has 4 aromatic rings. The summed E-state index contributed by atoms with van der Waals surface area (Å²) in [5.74, 6) is 0.847. The minimum Gasteiger partial charge on any atom is -0.348 e. The van der Waals surface area contributed by atoms with Gasteiger partial charge in [-0.25, -0.2) is 0 Å². The fourth-order valence-electron chi connectivity index (χ4n) is 3.06. The smallest absolute Gasteiger partial charge is 0.270 e. The van der Waals surface area contributed by atoms with Crippen LogP contribution in [-0.4, -0.2) is 31.9 Å². The zero-order chi connectivity index (χ0) is 18.8. The van der Waals surface area contributed by atoms with Crippen LogP contribution in [0.15, 0.2) is 59.1 Å². The quantitative estimate of drug-likeness (QED) is 0.591. The Morgan fingerprint density at radius 1 is 1.15 bits per heavy atom. The van der Waals surface area contributed by atoms with Crippen LogP contribution in [0.25, 0.3) is 22.3 Å². The Hall–Kier alpha value is -3.48. The van der Waals surface area contributed by atoms with E-state index < -0.39 is 0 Å². The van der Waals surface area contributed by atoms with Gasteiger partial charge in [-0.3, -0.25) is 9.48 Å². The van der Waals surface area contributed by atoms with Crippen LogP contribution in [0.5, 0.6) is 0 Å². The highest BCUT2D eigenvalue weighted by Gasteiger charge is 2.19. The Morgan fingerprint density at radius 2 is 1.89 bits per heavy atom. The molecule has 0 spiro atoms. The molecule has 0 aliphatic heterocycles. The van der Waals surface area contributed by atoms with E-state index in [2.05, 4.69) is 20.6 Å². The molecular weight excluding hydrogens is 342 g/mol. The first kappa shape index (κ1) is 17.0. The van der Waals surface area contributed by atoms with Gasteiger partial charge in [-0.15, -0.1) is 0 Å². The normalized spacial score (nSPS) is 12.2. The van der Waals surface area contributed by atoms with Gasteiger partial charge >= 0.3 is 0 Å². The van der Waals surface area contributed by atoms with Gasteiger partial charge in [0.05, 0.1) is 5.52 Å². The van der Waals surface area contributed by atoms with Crippen LogP contribution >= 0.6 is 0 Å². The number of carbonyl (C=O) groups is 1. The molecule has 1 N–H and O–H groups in total. The van der Waals surface area contributed by atoms with Gasteiger partial charge in [-0.2, -0.15) is 10.1 Å². The number of nitrogens with zero attached hydrogens (tertiary/aromatic N) is 4. The maximum absolute atomic E-state index is 12.7. The highest BCUT2D eigenvalue weighted by molar-refractivity contribution is 6.05. The van der Waals surface area contributed by atoms with Crippen molar-refractivity contribution in [1.82, 2.24) is 25.2 Å². The van der Waals surface area contributed by atoms with Crippen molar-refractivity contribution in [2.75, 3.05) is 0 Å². The van der Waals surface area contributed by atoms with Crippen LogP contribution in [0.2, 0.25) is 0 Å². The molecule has 0 aliphatic carbocycles. The number of nitrogens with one attached hydrogen (secondary N) is 1. The number of amides is 1. The monoisotopic (exact) mass is 361 g/mol. The second-order valence-electron chi connectivity index (χ2n) is 6.45. The number of fused-ring (bicyclic) bond motifs is 1. The summed E-state index contributed by atoms with van der Waals surface area (Å²) in [6.45, 7) is 1.91. The van der Waals surface area contributed by atoms with Gasteiger partial charge in [0.1, 0.15) is 5.69 Å². The van der Waals surface area contributed by atoms with E-state index in [-0.39, 0.29) is 11.9 Å². The molecule has 1 unspecified atom stereocenters. The molecule has 2 aromatic carbocycles. The van der Waals surface area contributed by atoms with Crippen LogP contribution < -0.4 is 5.32 Å². The van der Waals surface area contributed by atoms with E-state index in [1.807, 2.05) is 61.5 Å². The summed E-state index contributed by atoms with van der Waals surface area (Å²) in [7, 11) is 1.77. The maximum atomic E-state index is 12.7. The largest absolute Gasteiger partial charge is 0.348 e. The van der Waals surface area contributed by atoms with Crippen molar-refractivity contribution in [3.8, 4) is 11.4 Å². The number of aryl methyl sites for hydroxylation is 1. The standard InChI is InChI=1S/C20H19N5O2/c1-13(12-17-22-19(24-27-17)14-8-4-3-5-9-14)21-20(26)18-15-10-6-7-11-16(15)23-25(18)2/h3-11,13H,12H2,1-2H3,(H,21,26). The van der Waals surface area contributed by atoms with Crippen LogP contribution in [0.4, 0.5) is 0 Å². The summed E-state index contributed by atoms with van der Waals surface area (Å²) in [6.07, 6.45) is 0.446. The van der Waals surface area contributed by atoms with Crippen LogP contribution in [0.1, 0.15) is 23.3 Å². The van der Waals surface area contributed by atoms with Crippen molar-refractivity contribution in [2.45, 2.75) is 19.4 Å². The molecule has 7 nitrogen and oxygen atoms in total. The maximum Gasteiger partial charge on any atom is 0.270 e. The van der Waals surface area contributed by atoms with Gasteiger partial charge in [-0.05, 0) is 13.0 Å².